The Bertz CT molecular complexity index is 1020. The van der Waals surface area contributed by atoms with Crippen molar-refractivity contribution in [1.29, 1.82) is 0 Å². The SMILES string of the molecule is N[C@@H](CC(=O)N1CCn2cc(-c3ccccc3)nc2C1)CC1=CC=C(F)C(F)=CC1. The highest BCUT2D eigenvalue weighted by Crippen LogP contribution is 2.24. The quantitative estimate of drug-likeness (QED) is 0.809. The summed E-state index contributed by atoms with van der Waals surface area (Å²) in [5, 5.41) is 0. The second kappa shape index (κ2) is 8.75. The molecule has 0 fully saturated rings. The van der Waals surface area contributed by atoms with Gasteiger partial charge in [0, 0.05) is 37.3 Å². The molecule has 7 heteroatoms. The van der Waals surface area contributed by atoms with Crippen LogP contribution in [0.3, 0.4) is 0 Å². The van der Waals surface area contributed by atoms with Gasteiger partial charge in [0.1, 0.15) is 5.82 Å². The predicted octanol–water partition coefficient (Wildman–Crippen LogP) is 4.04. The lowest BCUT2D eigenvalue weighted by atomic mass is 10.0. The fourth-order valence-electron chi connectivity index (χ4n) is 3.78. The lowest BCUT2D eigenvalue weighted by molar-refractivity contribution is -0.133. The number of nitrogens with zero attached hydrogens (tertiary/aromatic N) is 3. The Hall–Kier alpha value is -3.06. The van der Waals surface area contributed by atoms with E-state index in [9.17, 15) is 13.6 Å². The molecule has 0 bridgehead atoms. The van der Waals surface area contributed by atoms with E-state index < -0.39 is 17.7 Å². The van der Waals surface area contributed by atoms with Gasteiger partial charge in [0.2, 0.25) is 5.91 Å². The Kier molecular flexibility index (Phi) is 5.90. The zero-order valence-electron chi connectivity index (χ0n) is 16.6. The zero-order valence-corrected chi connectivity index (χ0v) is 16.6. The first-order chi connectivity index (χ1) is 14.5. The molecule has 1 aliphatic carbocycles. The minimum absolute atomic E-state index is 0.0318. The number of nitrogens with two attached hydrogens (primary N) is 1. The molecule has 1 atom stereocenters. The Balaban J connectivity index is 1.36. The standard InChI is InChI=1S/C23H24F2N4O/c24-19-8-6-16(7-9-20(19)25)12-18(26)13-23(30)29-11-10-28-14-21(27-22(28)15-29)17-4-2-1-3-5-17/h1-6,8-9,14,18H,7,10-13,15,26H2/t18-/m1/s1. The van der Waals surface area contributed by atoms with Crippen molar-refractivity contribution in [3.8, 4) is 11.3 Å². The van der Waals surface area contributed by atoms with Crippen LogP contribution in [0.5, 0.6) is 0 Å². The van der Waals surface area contributed by atoms with Crippen LogP contribution in [0.15, 0.2) is 72.0 Å². The molecule has 1 aliphatic heterocycles. The molecule has 156 valence electrons. The van der Waals surface area contributed by atoms with Gasteiger partial charge in [-0.05, 0) is 25.0 Å². The van der Waals surface area contributed by atoms with E-state index in [1.54, 1.807) is 11.0 Å². The van der Waals surface area contributed by atoms with Crippen LogP contribution in [0.4, 0.5) is 8.78 Å². The van der Waals surface area contributed by atoms with Crippen LogP contribution >= 0.6 is 0 Å². The molecule has 1 aromatic heterocycles. The lowest BCUT2D eigenvalue weighted by Gasteiger charge is -2.28. The minimum atomic E-state index is -0.881. The average Bonchev–Trinajstić information content (AvgIpc) is 3.12. The van der Waals surface area contributed by atoms with Crippen LogP contribution < -0.4 is 5.73 Å². The van der Waals surface area contributed by atoms with Crippen LogP contribution in [-0.2, 0) is 17.9 Å². The van der Waals surface area contributed by atoms with Gasteiger partial charge < -0.3 is 15.2 Å². The average molecular weight is 410 g/mol. The van der Waals surface area contributed by atoms with Crippen molar-refractivity contribution < 1.29 is 13.6 Å². The van der Waals surface area contributed by atoms with Crippen LogP contribution in [0, 0.1) is 0 Å². The van der Waals surface area contributed by atoms with Gasteiger partial charge in [-0.1, -0.05) is 42.0 Å². The molecule has 4 rings (SSSR count). The van der Waals surface area contributed by atoms with Crippen molar-refractivity contribution in [1.82, 2.24) is 14.5 Å². The lowest BCUT2D eigenvalue weighted by Crippen LogP contribution is -2.40. The van der Waals surface area contributed by atoms with Crippen LogP contribution in [0.2, 0.25) is 0 Å². The maximum atomic E-state index is 13.3. The number of fused-ring (bicyclic) bond motifs is 1. The van der Waals surface area contributed by atoms with Crippen molar-refractivity contribution in [2.75, 3.05) is 6.54 Å². The first kappa shape index (κ1) is 20.2. The van der Waals surface area contributed by atoms with Crippen LogP contribution in [0.1, 0.15) is 25.1 Å². The fraction of sp³-hybridized carbons (Fsp3) is 0.304. The second-order valence-electron chi connectivity index (χ2n) is 7.68. The molecule has 1 aromatic carbocycles. The molecule has 2 aromatic rings. The van der Waals surface area contributed by atoms with Gasteiger partial charge >= 0.3 is 0 Å². The summed E-state index contributed by atoms with van der Waals surface area (Å²) in [4.78, 5) is 19.2. The largest absolute Gasteiger partial charge is 0.333 e. The number of benzene rings is 1. The summed E-state index contributed by atoms with van der Waals surface area (Å²) in [6.45, 7) is 1.74. The molecule has 2 aliphatic rings. The van der Waals surface area contributed by atoms with E-state index in [-0.39, 0.29) is 12.3 Å². The third kappa shape index (κ3) is 4.57. The van der Waals surface area contributed by atoms with Crippen molar-refractivity contribution in [3.05, 3.63) is 77.8 Å². The van der Waals surface area contributed by atoms with Gasteiger partial charge in [0.25, 0.3) is 0 Å². The van der Waals surface area contributed by atoms with Gasteiger partial charge in [0.05, 0.1) is 12.2 Å². The highest BCUT2D eigenvalue weighted by atomic mass is 19.2. The number of carbonyl (C=O) groups is 1. The first-order valence-electron chi connectivity index (χ1n) is 10.1. The normalized spacial score (nSPS) is 17.4. The maximum absolute atomic E-state index is 13.3. The molecule has 0 spiro atoms. The molecule has 0 unspecified atom stereocenters. The van der Waals surface area contributed by atoms with Crippen molar-refractivity contribution >= 4 is 5.91 Å². The number of amides is 1. The van der Waals surface area contributed by atoms with Crippen LogP contribution in [-0.4, -0.2) is 32.9 Å². The van der Waals surface area contributed by atoms with Gasteiger partial charge in [-0.3, -0.25) is 4.79 Å². The molecule has 0 radical (unpaired) electrons. The Labute approximate surface area is 174 Å². The summed E-state index contributed by atoms with van der Waals surface area (Å²) in [6, 6.07) is 9.54. The smallest absolute Gasteiger partial charge is 0.224 e. The number of hydrogen-bond donors (Lipinski definition) is 1. The molecule has 0 saturated carbocycles. The molecule has 5 nitrogen and oxygen atoms in total. The summed E-state index contributed by atoms with van der Waals surface area (Å²) in [6.07, 6.45) is 6.77. The number of allylic oxidation sites excluding steroid dienone is 5. The highest BCUT2D eigenvalue weighted by Gasteiger charge is 2.24. The third-order valence-corrected chi connectivity index (χ3v) is 5.42. The number of carbonyl (C=O) groups excluding carboxylic acids is 1. The molecule has 2 heterocycles. The summed E-state index contributed by atoms with van der Waals surface area (Å²) < 4.78 is 28.7. The van der Waals surface area contributed by atoms with Crippen molar-refractivity contribution in [2.45, 2.75) is 38.4 Å². The molecular formula is C23H24F2N4O. The number of aromatic nitrogens is 2. The zero-order chi connectivity index (χ0) is 21.1. The predicted molar refractivity (Wildman–Crippen MR) is 111 cm³/mol. The Morgan fingerprint density at radius 3 is 2.73 bits per heavy atom. The number of halogens is 2. The molecule has 1 amide bonds. The van der Waals surface area contributed by atoms with Crippen molar-refractivity contribution in [3.63, 3.8) is 0 Å². The van der Waals surface area contributed by atoms with E-state index in [0.717, 1.165) is 28.7 Å². The minimum Gasteiger partial charge on any atom is -0.333 e. The van der Waals surface area contributed by atoms with Crippen molar-refractivity contribution in [2.24, 2.45) is 5.73 Å². The second-order valence-corrected chi connectivity index (χ2v) is 7.68. The molecule has 2 N–H and O–H groups in total. The number of imidazole rings is 1. The van der Waals surface area contributed by atoms with E-state index >= 15 is 0 Å². The molecule has 30 heavy (non-hydrogen) atoms. The topological polar surface area (TPSA) is 64.2 Å². The third-order valence-electron chi connectivity index (χ3n) is 5.42. The van der Waals surface area contributed by atoms with Gasteiger partial charge in [-0.15, -0.1) is 0 Å². The Morgan fingerprint density at radius 2 is 1.93 bits per heavy atom. The fourth-order valence-corrected chi connectivity index (χ4v) is 3.78. The van der Waals surface area contributed by atoms with E-state index in [1.165, 1.54) is 6.08 Å². The monoisotopic (exact) mass is 410 g/mol. The van der Waals surface area contributed by atoms with E-state index in [0.29, 0.717) is 32.5 Å². The van der Waals surface area contributed by atoms with Gasteiger partial charge in [-0.25, -0.2) is 13.8 Å². The molecule has 0 saturated heterocycles. The summed E-state index contributed by atoms with van der Waals surface area (Å²) >= 11 is 0. The van der Waals surface area contributed by atoms with E-state index in [1.807, 2.05) is 36.5 Å². The summed E-state index contributed by atoms with van der Waals surface area (Å²) in [5.74, 6) is -0.914. The highest BCUT2D eigenvalue weighted by molar-refractivity contribution is 5.77. The maximum Gasteiger partial charge on any atom is 0.224 e. The van der Waals surface area contributed by atoms with Gasteiger partial charge in [-0.2, -0.15) is 0 Å². The molecular weight excluding hydrogens is 386 g/mol. The summed E-state index contributed by atoms with van der Waals surface area (Å²) in [7, 11) is 0. The number of hydrogen-bond acceptors (Lipinski definition) is 3. The van der Waals surface area contributed by atoms with E-state index in [2.05, 4.69) is 4.57 Å². The Morgan fingerprint density at radius 1 is 1.13 bits per heavy atom. The summed E-state index contributed by atoms with van der Waals surface area (Å²) in [5.41, 5.74) is 8.92. The van der Waals surface area contributed by atoms with Gasteiger partial charge in [0.15, 0.2) is 11.7 Å². The number of rotatable bonds is 5. The first-order valence-corrected chi connectivity index (χ1v) is 10.1. The van der Waals surface area contributed by atoms with Crippen LogP contribution in [0.25, 0.3) is 11.3 Å². The van der Waals surface area contributed by atoms with E-state index in [4.69, 9.17) is 10.7 Å².